The van der Waals surface area contributed by atoms with Crippen molar-refractivity contribution in [3.63, 3.8) is 0 Å². The van der Waals surface area contributed by atoms with E-state index in [0.29, 0.717) is 19.3 Å². The lowest BCUT2D eigenvalue weighted by Crippen LogP contribution is -2.42. The quantitative estimate of drug-likeness (QED) is 0.451. The molecule has 68 valence electrons. The summed E-state index contributed by atoms with van der Waals surface area (Å²) in [5, 5.41) is 3.25. The molecule has 0 rings (SSSR count). The van der Waals surface area contributed by atoms with Crippen LogP contribution in [0.25, 0.3) is 0 Å². The van der Waals surface area contributed by atoms with Gasteiger partial charge < -0.3 is 16.8 Å². The van der Waals surface area contributed by atoms with E-state index in [1.54, 1.807) is 0 Å². The molecule has 4 nitrogen and oxygen atoms in total. The molecule has 0 aliphatic rings. The summed E-state index contributed by atoms with van der Waals surface area (Å²) >= 11 is 0. The van der Waals surface area contributed by atoms with Gasteiger partial charge in [0.15, 0.2) is 0 Å². The van der Waals surface area contributed by atoms with E-state index in [1.165, 1.54) is 0 Å². The molecule has 0 aromatic carbocycles. The van der Waals surface area contributed by atoms with Crippen LogP contribution in [0.5, 0.6) is 0 Å². The van der Waals surface area contributed by atoms with Crippen molar-refractivity contribution >= 4 is 0 Å². The molecule has 0 aromatic heterocycles. The monoisotopic (exact) mass is 160 g/mol. The standard InChI is InChI=1S/C7H20N4/c1-7(2)3-10-6-11(4-8)5-9/h7,10H,3-6,8-9H2,1-2H3. The number of hydrogen-bond acceptors (Lipinski definition) is 4. The Labute approximate surface area is 68.9 Å². The first-order valence-corrected chi connectivity index (χ1v) is 4.04. The molecule has 0 aliphatic heterocycles. The average molecular weight is 160 g/mol. The second kappa shape index (κ2) is 6.54. The van der Waals surface area contributed by atoms with Crippen LogP contribution in [0.2, 0.25) is 0 Å². The number of nitrogens with two attached hydrogens (primary N) is 2. The van der Waals surface area contributed by atoms with Gasteiger partial charge in [0.05, 0.1) is 6.67 Å². The number of nitrogens with one attached hydrogen (secondary N) is 1. The van der Waals surface area contributed by atoms with E-state index in [4.69, 9.17) is 11.5 Å². The molecule has 11 heavy (non-hydrogen) atoms. The highest BCUT2D eigenvalue weighted by molar-refractivity contribution is 4.52. The van der Waals surface area contributed by atoms with Crippen LogP contribution >= 0.6 is 0 Å². The highest BCUT2D eigenvalue weighted by Gasteiger charge is 1.98. The Morgan fingerprint density at radius 2 is 1.82 bits per heavy atom. The zero-order valence-electron chi connectivity index (χ0n) is 7.51. The minimum Gasteiger partial charge on any atom is -0.318 e. The average Bonchev–Trinajstić information content (AvgIpc) is 1.98. The van der Waals surface area contributed by atoms with Crippen LogP contribution in [0.3, 0.4) is 0 Å². The Morgan fingerprint density at radius 3 is 2.18 bits per heavy atom. The SMILES string of the molecule is CC(C)CNCN(CN)CN. The highest BCUT2D eigenvalue weighted by Crippen LogP contribution is 1.86. The van der Waals surface area contributed by atoms with Crippen LogP contribution in [0.1, 0.15) is 13.8 Å². The molecule has 0 amide bonds. The number of rotatable bonds is 6. The van der Waals surface area contributed by atoms with Crippen LogP contribution in [0.4, 0.5) is 0 Å². The first-order chi connectivity index (χ1) is 5.20. The smallest absolute Gasteiger partial charge is 0.0504 e. The van der Waals surface area contributed by atoms with Crippen molar-refractivity contribution in [2.75, 3.05) is 26.6 Å². The van der Waals surface area contributed by atoms with Crippen molar-refractivity contribution in [2.24, 2.45) is 17.4 Å². The van der Waals surface area contributed by atoms with Gasteiger partial charge in [0.2, 0.25) is 0 Å². The molecular weight excluding hydrogens is 140 g/mol. The molecule has 4 heteroatoms. The second-order valence-corrected chi connectivity index (χ2v) is 3.04. The van der Waals surface area contributed by atoms with E-state index in [2.05, 4.69) is 19.2 Å². The van der Waals surface area contributed by atoms with Gasteiger partial charge >= 0.3 is 0 Å². The second-order valence-electron chi connectivity index (χ2n) is 3.04. The summed E-state index contributed by atoms with van der Waals surface area (Å²) in [6.07, 6.45) is 0. The normalized spacial score (nSPS) is 11.5. The summed E-state index contributed by atoms with van der Waals surface area (Å²) < 4.78 is 0. The summed E-state index contributed by atoms with van der Waals surface area (Å²) in [4.78, 5) is 1.93. The van der Waals surface area contributed by atoms with Crippen molar-refractivity contribution in [1.82, 2.24) is 10.2 Å². The summed E-state index contributed by atoms with van der Waals surface area (Å²) in [6, 6.07) is 0. The molecule has 0 heterocycles. The summed E-state index contributed by atoms with van der Waals surface area (Å²) in [5.74, 6) is 0.674. The first-order valence-electron chi connectivity index (χ1n) is 4.04. The molecule has 0 fully saturated rings. The Kier molecular flexibility index (Phi) is 6.45. The van der Waals surface area contributed by atoms with Gasteiger partial charge in [-0.2, -0.15) is 0 Å². The number of hydrogen-bond donors (Lipinski definition) is 3. The lowest BCUT2D eigenvalue weighted by Gasteiger charge is -2.18. The molecular formula is C7H20N4. The Bertz CT molecular complexity index is 80.5. The first kappa shape index (κ1) is 10.8. The van der Waals surface area contributed by atoms with Gasteiger partial charge in [-0.25, -0.2) is 0 Å². The van der Waals surface area contributed by atoms with Crippen molar-refractivity contribution in [1.29, 1.82) is 0 Å². The molecule has 0 unspecified atom stereocenters. The molecule has 0 aliphatic carbocycles. The summed E-state index contributed by atoms with van der Waals surface area (Å²) in [7, 11) is 0. The third-order valence-corrected chi connectivity index (χ3v) is 1.40. The van der Waals surface area contributed by atoms with Crippen LogP contribution in [-0.4, -0.2) is 31.5 Å². The van der Waals surface area contributed by atoms with Crippen molar-refractivity contribution in [3.05, 3.63) is 0 Å². The molecule has 0 spiro atoms. The lowest BCUT2D eigenvalue weighted by molar-refractivity contribution is 0.262. The Morgan fingerprint density at radius 1 is 1.27 bits per heavy atom. The molecule has 0 aromatic rings. The van der Waals surface area contributed by atoms with E-state index < -0.39 is 0 Å². The predicted octanol–water partition coefficient (Wildman–Crippen LogP) is -0.676. The van der Waals surface area contributed by atoms with Crippen LogP contribution < -0.4 is 16.8 Å². The topological polar surface area (TPSA) is 67.3 Å². The van der Waals surface area contributed by atoms with Crippen LogP contribution in [0.15, 0.2) is 0 Å². The zero-order valence-corrected chi connectivity index (χ0v) is 7.51. The van der Waals surface area contributed by atoms with E-state index in [1.807, 2.05) is 4.90 Å². The fourth-order valence-electron chi connectivity index (χ4n) is 0.715. The van der Waals surface area contributed by atoms with Gasteiger partial charge in [-0.05, 0) is 12.5 Å². The van der Waals surface area contributed by atoms with Crippen LogP contribution in [0, 0.1) is 5.92 Å². The molecule has 0 saturated carbocycles. The van der Waals surface area contributed by atoms with Gasteiger partial charge in [0.1, 0.15) is 0 Å². The molecule has 0 atom stereocenters. The Balaban J connectivity index is 3.21. The summed E-state index contributed by atoms with van der Waals surface area (Å²) in [6.45, 7) is 7.16. The maximum absolute atomic E-state index is 5.41. The van der Waals surface area contributed by atoms with E-state index in [9.17, 15) is 0 Å². The van der Waals surface area contributed by atoms with Gasteiger partial charge in [-0.3, -0.25) is 4.90 Å². The fourth-order valence-corrected chi connectivity index (χ4v) is 0.715. The van der Waals surface area contributed by atoms with E-state index in [-0.39, 0.29) is 0 Å². The Hall–Kier alpha value is -0.160. The summed E-state index contributed by atoms with van der Waals surface area (Å²) in [5.41, 5.74) is 10.8. The van der Waals surface area contributed by atoms with Crippen molar-refractivity contribution < 1.29 is 0 Å². The minimum atomic E-state index is 0.515. The fraction of sp³-hybridized carbons (Fsp3) is 1.00. The third kappa shape index (κ3) is 6.25. The molecule has 0 saturated heterocycles. The van der Waals surface area contributed by atoms with E-state index >= 15 is 0 Å². The van der Waals surface area contributed by atoms with Crippen molar-refractivity contribution in [3.8, 4) is 0 Å². The zero-order chi connectivity index (χ0) is 8.69. The van der Waals surface area contributed by atoms with Gasteiger partial charge in [-0.15, -0.1) is 0 Å². The van der Waals surface area contributed by atoms with Crippen molar-refractivity contribution in [2.45, 2.75) is 13.8 Å². The highest BCUT2D eigenvalue weighted by atomic mass is 15.3. The van der Waals surface area contributed by atoms with Gasteiger partial charge in [0, 0.05) is 13.3 Å². The molecule has 0 radical (unpaired) electrons. The minimum absolute atomic E-state index is 0.515. The van der Waals surface area contributed by atoms with Gasteiger partial charge in [-0.1, -0.05) is 13.8 Å². The van der Waals surface area contributed by atoms with Gasteiger partial charge in [0.25, 0.3) is 0 Å². The largest absolute Gasteiger partial charge is 0.318 e. The lowest BCUT2D eigenvalue weighted by atomic mass is 10.2. The third-order valence-electron chi connectivity index (χ3n) is 1.40. The maximum Gasteiger partial charge on any atom is 0.0504 e. The predicted molar refractivity (Wildman–Crippen MR) is 47.7 cm³/mol. The number of nitrogens with zero attached hydrogens (tertiary/aromatic N) is 1. The molecule has 5 N–H and O–H groups in total. The maximum atomic E-state index is 5.41. The molecule has 0 bridgehead atoms. The van der Waals surface area contributed by atoms with E-state index in [0.717, 1.165) is 13.2 Å². The van der Waals surface area contributed by atoms with Crippen LogP contribution in [-0.2, 0) is 0 Å².